The summed E-state index contributed by atoms with van der Waals surface area (Å²) in [5.41, 5.74) is 3.30. The van der Waals surface area contributed by atoms with Gasteiger partial charge in [0.05, 0.1) is 19.2 Å². The number of fused-ring (bicyclic) bond motifs is 3. The molecule has 2 heterocycles. The summed E-state index contributed by atoms with van der Waals surface area (Å²) in [4.78, 5) is 32.2. The van der Waals surface area contributed by atoms with Crippen LogP contribution in [0.25, 0.3) is 21.9 Å². The normalized spacial score (nSPS) is 14.6. The third-order valence-electron chi connectivity index (χ3n) is 6.44. The molecule has 3 N–H and O–H groups in total. The van der Waals surface area contributed by atoms with E-state index in [-0.39, 0.29) is 17.5 Å². The quantitative estimate of drug-likeness (QED) is 0.376. The minimum atomic E-state index is -0.192. The molecule has 5 rings (SSSR count). The number of benzene rings is 2. The lowest BCUT2D eigenvalue weighted by Gasteiger charge is -2.22. The number of carbonyl (C=O) groups excluding carboxylic acids is 1. The van der Waals surface area contributed by atoms with Crippen molar-refractivity contribution in [2.24, 2.45) is 0 Å². The number of hydrogen-bond acceptors (Lipinski definition) is 4. The zero-order valence-electron chi connectivity index (χ0n) is 18.4. The van der Waals surface area contributed by atoms with Crippen LogP contribution in [0.3, 0.4) is 0 Å². The fraction of sp³-hybridized carbons (Fsp3) is 0.320. The summed E-state index contributed by atoms with van der Waals surface area (Å²) in [6.07, 6.45) is 5.70. The standard InChI is InChI=1S/C25H26N4O3S/c1-32-18-11-12-20-19(13-18)21-22(27-20)24(31)29(25(33)28-21)14-15-7-9-16(10-8-15)23(30)26-17-5-3-2-4-6-17/h7-13,17,27H,2-6,14H2,1H3,(H,26,30)(H,28,33). The molecule has 1 aliphatic rings. The van der Waals surface area contributed by atoms with Gasteiger partial charge in [0.15, 0.2) is 4.77 Å². The molecule has 1 amide bonds. The van der Waals surface area contributed by atoms with E-state index in [1.807, 2.05) is 30.3 Å². The van der Waals surface area contributed by atoms with Crippen LogP contribution in [0.4, 0.5) is 0 Å². The predicted molar refractivity (Wildman–Crippen MR) is 132 cm³/mol. The molecule has 4 aromatic rings. The second-order valence-electron chi connectivity index (χ2n) is 8.61. The van der Waals surface area contributed by atoms with Gasteiger partial charge in [-0.05, 0) is 61.0 Å². The number of aromatic amines is 2. The Morgan fingerprint density at radius 3 is 2.58 bits per heavy atom. The number of aromatic nitrogens is 3. The van der Waals surface area contributed by atoms with Gasteiger partial charge in [-0.1, -0.05) is 31.4 Å². The molecule has 0 saturated heterocycles. The van der Waals surface area contributed by atoms with E-state index < -0.39 is 0 Å². The van der Waals surface area contributed by atoms with Crippen LogP contribution in [0.1, 0.15) is 48.0 Å². The molecule has 33 heavy (non-hydrogen) atoms. The van der Waals surface area contributed by atoms with E-state index in [0.717, 1.165) is 29.3 Å². The van der Waals surface area contributed by atoms with Crippen LogP contribution >= 0.6 is 12.2 Å². The Balaban J connectivity index is 1.40. The summed E-state index contributed by atoms with van der Waals surface area (Å²) < 4.78 is 7.18. The van der Waals surface area contributed by atoms with Crippen molar-refractivity contribution in [3.05, 3.63) is 68.7 Å². The highest BCUT2D eigenvalue weighted by Crippen LogP contribution is 2.26. The number of nitrogens with one attached hydrogen (secondary N) is 3. The largest absolute Gasteiger partial charge is 0.497 e. The van der Waals surface area contributed by atoms with Crippen molar-refractivity contribution < 1.29 is 9.53 Å². The van der Waals surface area contributed by atoms with E-state index in [1.165, 1.54) is 23.8 Å². The first-order valence-electron chi connectivity index (χ1n) is 11.3. The Bertz CT molecular complexity index is 1440. The molecule has 2 aromatic carbocycles. The van der Waals surface area contributed by atoms with Crippen molar-refractivity contribution >= 4 is 40.1 Å². The lowest BCUT2D eigenvalue weighted by molar-refractivity contribution is 0.0927. The smallest absolute Gasteiger partial charge is 0.278 e. The zero-order valence-corrected chi connectivity index (χ0v) is 19.3. The van der Waals surface area contributed by atoms with Crippen LogP contribution in [0.2, 0.25) is 0 Å². The van der Waals surface area contributed by atoms with Gasteiger partial charge in [-0.25, -0.2) is 0 Å². The number of hydrogen-bond donors (Lipinski definition) is 3. The highest BCUT2D eigenvalue weighted by Gasteiger charge is 2.17. The van der Waals surface area contributed by atoms with Crippen molar-refractivity contribution in [1.82, 2.24) is 19.9 Å². The van der Waals surface area contributed by atoms with Gasteiger partial charge < -0.3 is 20.0 Å². The third kappa shape index (κ3) is 4.18. The summed E-state index contributed by atoms with van der Waals surface area (Å²) >= 11 is 5.51. The molecule has 1 fully saturated rings. The minimum absolute atomic E-state index is 0.0437. The maximum atomic E-state index is 13.2. The van der Waals surface area contributed by atoms with Crippen LogP contribution in [0.5, 0.6) is 5.75 Å². The number of H-pyrrole nitrogens is 2. The van der Waals surface area contributed by atoms with Crippen molar-refractivity contribution in [2.75, 3.05) is 7.11 Å². The number of carbonyl (C=O) groups is 1. The van der Waals surface area contributed by atoms with Gasteiger partial charge in [0.1, 0.15) is 11.3 Å². The first kappa shape index (κ1) is 21.5. The van der Waals surface area contributed by atoms with Crippen molar-refractivity contribution in [1.29, 1.82) is 0 Å². The highest BCUT2D eigenvalue weighted by molar-refractivity contribution is 7.71. The Morgan fingerprint density at radius 2 is 1.85 bits per heavy atom. The van der Waals surface area contributed by atoms with E-state index in [1.54, 1.807) is 19.2 Å². The van der Waals surface area contributed by atoms with E-state index in [4.69, 9.17) is 17.0 Å². The monoisotopic (exact) mass is 462 g/mol. The summed E-state index contributed by atoms with van der Waals surface area (Å²) in [7, 11) is 1.61. The van der Waals surface area contributed by atoms with Crippen LogP contribution in [-0.2, 0) is 6.54 Å². The van der Waals surface area contributed by atoms with Crippen molar-refractivity contribution in [3.8, 4) is 5.75 Å². The number of ether oxygens (including phenoxy) is 1. The van der Waals surface area contributed by atoms with Gasteiger partial charge in [-0.2, -0.15) is 0 Å². The van der Waals surface area contributed by atoms with Gasteiger partial charge in [-0.3, -0.25) is 14.2 Å². The van der Waals surface area contributed by atoms with Gasteiger partial charge in [0, 0.05) is 22.5 Å². The summed E-state index contributed by atoms with van der Waals surface area (Å²) in [6.45, 7) is 0.313. The topological polar surface area (TPSA) is 91.9 Å². The molecule has 7 nitrogen and oxygen atoms in total. The molecule has 0 spiro atoms. The number of rotatable bonds is 5. The van der Waals surface area contributed by atoms with Gasteiger partial charge >= 0.3 is 0 Å². The Labute approximate surface area is 195 Å². The second-order valence-corrected chi connectivity index (χ2v) is 9.00. The van der Waals surface area contributed by atoms with Crippen LogP contribution in [0, 0.1) is 4.77 Å². The lowest BCUT2D eigenvalue weighted by atomic mass is 9.95. The summed E-state index contributed by atoms with van der Waals surface area (Å²) in [5, 5.41) is 3.99. The van der Waals surface area contributed by atoms with Crippen LogP contribution in [-0.4, -0.2) is 33.6 Å². The van der Waals surface area contributed by atoms with Crippen molar-refractivity contribution in [3.63, 3.8) is 0 Å². The molecular weight excluding hydrogens is 436 g/mol. The fourth-order valence-electron chi connectivity index (χ4n) is 4.59. The number of nitrogens with zero attached hydrogens (tertiary/aromatic N) is 1. The predicted octanol–water partition coefficient (Wildman–Crippen LogP) is 4.66. The van der Waals surface area contributed by atoms with Crippen molar-refractivity contribution in [2.45, 2.75) is 44.7 Å². The molecular formula is C25H26N4O3S. The maximum Gasteiger partial charge on any atom is 0.278 e. The number of amides is 1. The molecule has 2 aromatic heterocycles. The molecule has 0 radical (unpaired) electrons. The molecule has 1 aliphatic carbocycles. The fourth-order valence-corrected chi connectivity index (χ4v) is 4.84. The van der Waals surface area contributed by atoms with Gasteiger partial charge in [0.2, 0.25) is 0 Å². The second kappa shape index (κ2) is 8.86. The lowest BCUT2D eigenvalue weighted by Crippen LogP contribution is -2.36. The summed E-state index contributed by atoms with van der Waals surface area (Å²) in [5.74, 6) is 0.664. The first-order valence-corrected chi connectivity index (χ1v) is 11.7. The van der Waals surface area contributed by atoms with E-state index in [0.29, 0.717) is 33.7 Å². The average Bonchev–Trinajstić information content (AvgIpc) is 3.20. The van der Waals surface area contributed by atoms with E-state index >= 15 is 0 Å². The molecule has 0 bridgehead atoms. The summed E-state index contributed by atoms with van der Waals surface area (Å²) in [6, 6.07) is 13.2. The van der Waals surface area contributed by atoms with Crippen LogP contribution < -0.4 is 15.6 Å². The molecule has 0 atom stereocenters. The Hall–Kier alpha value is -3.39. The number of methoxy groups -OCH3 is 1. The van der Waals surface area contributed by atoms with Gasteiger partial charge in [0.25, 0.3) is 11.5 Å². The minimum Gasteiger partial charge on any atom is -0.497 e. The molecule has 0 unspecified atom stereocenters. The third-order valence-corrected chi connectivity index (χ3v) is 6.76. The molecule has 170 valence electrons. The van der Waals surface area contributed by atoms with E-state index in [9.17, 15) is 9.59 Å². The van der Waals surface area contributed by atoms with Gasteiger partial charge in [-0.15, -0.1) is 0 Å². The zero-order chi connectivity index (χ0) is 22.9. The molecule has 8 heteroatoms. The molecule has 1 saturated carbocycles. The van der Waals surface area contributed by atoms with E-state index in [2.05, 4.69) is 15.3 Å². The Kier molecular flexibility index (Phi) is 5.76. The molecule has 0 aliphatic heterocycles. The average molecular weight is 463 g/mol. The highest BCUT2D eigenvalue weighted by atomic mass is 32.1. The Morgan fingerprint density at radius 1 is 1.09 bits per heavy atom. The SMILES string of the molecule is COc1ccc2[nH]c3c(=O)n(Cc4ccc(C(=O)NC5CCCCC5)cc4)c(=S)[nH]c3c2c1. The van der Waals surface area contributed by atoms with Crippen LogP contribution in [0.15, 0.2) is 47.3 Å². The maximum absolute atomic E-state index is 13.2. The first-order chi connectivity index (χ1) is 16.0.